The molecule has 1 amide bonds. The predicted molar refractivity (Wildman–Crippen MR) is 304 cm³/mol. The van der Waals surface area contributed by atoms with Gasteiger partial charge in [-0.25, -0.2) is 0 Å². The Bertz CT molecular complexity index is 1040. The minimum Gasteiger partial charge on any atom is -0.394 e. The van der Waals surface area contributed by atoms with Gasteiger partial charge < -0.3 is 15.5 Å². The molecule has 4 nitrogen and oxygen atoms in total. The number of aliphatic hydroxyl groups excluding tert-OH is 2. The maximum absolute atomic E-state index is 12.5. The lowest BCUT2D eigenvalue weighted by molar-refractivity contribution is -0.123. The molecule has 4 heteroatoms. The van der Waals surface area contributed by atoms with Crippen LogP contribution in [0.5, 0.6) is 0 Å². The van der Waals surface area contributed by atoms with Crippen LogP contribution in [0.1, 0.15) is 348 Å². The van der Waals surface area contributed by atoms with Gasteiger partial charge in [-0.3, -0.25) is 4.79 Å². The van der Waals surface area contributed by atoms with Gasteiger partial charge in [0, 0.05) is 6.42 Å². The lowest BCUT2D eigenvalue weighted by atomic mass is 10.0. The molecule has 0 aliphatic carbocycles. The smallest absolute Gasteiger partial charge is 0.220 e. The Kier molecular flexibility index (Phi) is 58.7. The van der Waals surface area contributed by atoms with Gasteiger partial charge in [0.2, 0.25) is 5.91 Å². The van der Waals surface area contributed by atoms with E-state index >= 15 is 0 Å². The first-order chi connectivity index (χ1) is 33.7. The van der Waals surface area contributed by atoms with Gasteiger partial charge in [-0.15, -0.1) is 0 Å². The van der Waals surface area contributed by atoms with E-state index in [4.69, 9.17) is 0 Å². The minimum absolute atomic E-state index is 0.0568. The highest BCUT2D eigenvalue weighted by Crippen LogP contribution is 2.18. The Balaban J connectivity index is 3.40. The van der Waals surface area contributed by atoms with Crippen LogP contribution in [0.3, 0.4) is 0 Å². The van der Waals surface area contributed by atoms with Crippen LogP contribution in [-0.2, 0) is 4.79 Å². The third-order valence-electron chi connectivity index (χ3n) is 14.6. The Hall–Kier alpha value is -1.39. The molecule has 0 heterocycles. The molecule has 0 aliphatic heterocycles. The Morgan fingerprint density at radius 3 is 0.882 bits per heavy atom. The van der Waals surface area contributed by atoms with Crippen LogP contribution >= 0.6 is 0 Å². The lowest BCUT2D eigenvalue weighted by Gasteiger charge is -2.20. The summed E-state index contributed by atoms with van der Waals surface area (Å²) in [7, 11) is 0. The van der Waals surface area contributed by atoms with Crippen LogP contribution in [-0.4, -0.2) is 34.9 Å². The lowest BCUT2D eigenvalue weighted by Crippen LogP contribution is -2.45. The summed E-state index contributed by atoms with van der Waals surface area (Å²) in [6.45, 7) is 4.33. The zero-order chi connectivity index (χ0) is 49.2. The Morgan fingerprint density at radius 1 is 0.353 bits per heavy atom. The average Bonchev–Trinajstić information content (AvgIpc) is 3.34. The maximum atomic E-state index is 12.5. The zero-order valence-electron chi connectivity index (χ0n) is 46.4. The van der Waals surface area contributed by atoms with E-state index in [2.05, 4.69) is 43.5 Å². The highest BCUT2D eigenvalue weighted by molar-refractivity contribution is 5.76. The number of hydrogen-bond donors (Lipinski definition) is 3. The fraction of sp³-hybridized carbons (Fsp3) is 0.891. The molecule has 402 valence electrons. The number of nitrogens with one attached hydrogen (secondary N) is 1. The molecule has 0 bridgehead atoms. The Morgan fingerprint density at radius 2 is 0.603 bits per heavy atom. The molecule has 0 radical (unpaired) electrons. The number of carbonyl (C=O) groups is 1. The third-order valence-corrected chi connectivity index (χ3v) is 14.6. The fourth-order valence-corrected chi connectivity index (χ4v) is 9.86. The highest BCUT2D eigenvalue weighted by atomic mass is 16.3. The monoisotopic (exact) mass is 954 g/mol. The molecular weight excluding hydrogens is 831 g/mol. The summed E-state index contributed by atoms with van der Waals surface area (Å²) in [6, 6.07) is -0.620. The van der Waals surface area contributed by atoms with Gasteiger partial charge in [-0.05, 0) is 51.4 Å². The molecule has 0 aromatic heterocycles. The van der Waals surface area contributed by atoms with Gasteiger partial charge in [-0.2, -0.15) is 0 Å². The molecule has 2 atom stereocenters. The molecule has 2 unspecified atom stereocenters. The third kappa shape index (κ3) is 55.5. The first kappa shape index (κ1) is 66.6. The highest BCUT2D eigenvalue weighted by Gasteiger charge is 2.18. The van der Waals surface area contributed by atoms with E-state index < -0.39 is 12.1 Å². The normalized spacial score (nSPS) is 12.9. The van der Waals surface area contributed by atoms with Crippen molar-refractivity contribution in [3.63, 3.8) is 0 Å². The van der Waals surface area contributed by atoms with Gasteiger partial charge in [0.15, 0.2) is 0 Å². The number of allylic oxidation sites excluding steroid dienone is 5. The quantitative estimate of drug-likeness (QED) is 0.0420. The van der Waals surface area contributed by atoms with Crippen LogP contribution in [0.25, 0.3) is 0 Å². The predicted octanol–water partition coefficient (Wildman–Crippen LogP) is 20.8. The van der Waals surface area contributed by atoms with E-state index in [9.17, 15) is 15.0 Å². The molecule has 0 saturated heterocycles. The summed E-state index contributed by atoms with van der Waals surface area (Å²) in [5.41, 5.74) is 0. The van der Waals surface area contributed by atoms with Crippen molar-refractivity contribution in [1.29, 1.82) is 0 Å². The number of rotatable bonds is 58. The topological polar surface area (TPSA) is 69.6 Å². The van der Waals surface area contributed by atoms with Crippen molar-refractivity contribution in [2.75, 3.05) is 6.61 Å². The van der Waals surface area contributed by atoms with E-state index in [1.807, 2.05) is 6.08 Å². The van der Waals surface area contributed by atoms with Crippen molar-refractivity contribution in [3.05, 3.63) is 36.5 Å². The SMILES string of the molecule is CCCCCCC/C=C\C/C=C\CCCCCCCCCCCCCCCCCCCCCCCCCCCC(=O)NC(CO)C(O)/C=C/CCCCCCCCCCCCCCCCCCC. The molecule has 0 rings (SSSR count). The second-order valence-corrected chi connectivity index (χ2v) is 21.5. The summed E-state index contributed by atoms with van der Waals surface area (Å²) in [6.07, 6.45) is 82.0. The van der Waals surface area contributed by atoms with Crippen LogP contribution in [0.4, 0.5) is 0 Å². The molecule has 0 saturated carbocycles. The van der Waals surface area contributed by atoms with Crippen LogP contribution < -0.4 is 5.32 Å². The Labute approximate surface area is 427 Å². The number of carbonyl (C=O) groups excluding carboxylic acids is 1. The maximum Gasteiger partial charge on any atom is 0.220 e. The number of aliphatic hydroxyl groups is 2. The molecule has 0 aromatic rings. The van der Waals surface area contributed by atoms with Crippen molar-refractivity contribution in [1.82, 2.24) is 5.32 Å². The molecule has 0 aliphatic rings. The number of hydrogen-bond acceptors (Lipinski definition) is 3. The second-order valence-electron chi connectivity index (χ2n) is 21.5. The largest absolute Gasteiger partial charge is 0.394 e. The summed E-state index contributed by atoms with van der Waals surface area (Å²) < 4.78 is 0. The van der Waals surface area contributed by atoms with E-state index in [-0.39, 0.29) is 12.5 Å². The van der Waals surface area contributed by atoms with Crippen molar-refractivity contribution < 1.29 is 15.0 Å². The number of unbranched alkanes of at least 4 members (excludes halogenated alkanes) is 47. The van der Waals surface area contributed by atoms with E-state index in [0.29, 0.717) is 6.42 Å². The van der Waals surface area contributed by atoms with Gasteiger partial charge >= 0.3 is 0 Å². The zero-order valence-corrected chi connectivity index (χ0v) is 46.4. The molecule has 68 heavy (non-hydrogen) atoms. The fourth-order valence-electron chi connectivity index (χ4n) is 9.86. The second kappa shape index (κ2) is 59.9. The summed E-state index contributed by atoms with van der Waals surface area (Å²) >= 11 is 0. The number of amides is 1. The van der Waals surface area contributed by atoms with Crippen molar-refractivity contribution in [3.8, 4) is 0 Å². The molecular formula is C64H123NO3. The average molecular weight is 955 g/mol. The van der Waals surface area contributed by atoms with E-state index in [1.165, 1.54) is 295 Å². The summed E-state index contributed by atoms with van der Waals surface area (Å²) in [5.74, 6) is -0.0568. The first-order valence-electron chi connectivity index (χ1n) is 31.2. The van der Waals surface area contributed by atoms with Gasteiger partial charge in [0.25, 0.3) is 0 Å². The molecule has 0 fully saturated rings. The van der Waals surface area contributed by atoms with Crippen LogP contribution in [0, 0.1) is 0 Å². The van der Waals surface area contributed by atoms with E-state index in [0.717, 1.165) is 32.1 Å². The van der Waals surface area contributed by atoms with Gasteiger partial charge in [0.1, 0.15) is 0 Å². The van der Waals surface area contributed by atoms with E-state index in [1.54, 1.807) is 6.08 Å². The van der Waals surface area contributed by atoms with Crippen molar-refractivity contribution >= 4 is 5.91 Å². The molecule has 0 aromatic carbocycles. The summed E-state index contributed by atoms with van der Waals surface area (Å²) in [5, 5.41) is 23.2. The molecule has 3 N–H and O–H groups in total. The van der Waals surface area contributed by atoms with Gasteiger partial charge in [0.05, 0.1) is 18.8 Å². The summed E-state index contributed by atoms with van der Waals surface area (Å²) in [4.78, 5) is 12.5. The van der Waals surface area contributed by atoms with Crippen molar-refractivity contribution in [2.24, 2.45) is 0 Å². The van der Waals surface area contributed by atoms with Gasteiger partial charge in [-0.1, -0.05) is 326 Å². The van der Waals surface area contributed by atoms with Crippen molar-refractivity contribution in [2.45, 2.75) is 360 Å². The standard InChI is InChI=1S/C64H123NO3/c1-3-5-7-9-11-13-15-17-19-21-23-24-25-26-27-28-29-30-31-32-33-34-35-36-37-38-39-40-42-44-46-48-50-52-54-56-58-60-64(68)65-62(61-66)63(67)59-57-55-53-51-49-47-45-43-41-22-20-18-16-14-12-10-8-6-4-2/h15,17,21,23,57,59,62-63,66-67H,3-14,16,18-20,22,24-56,58,60-61H2,1-2H3,(H,65,68)/b17-15-,23-21-,59-57+. The van der Waals surface area contributed by atoms with Crippen LogP contribution in [0.2, 0.25) is 0 Å². The molecule has 0 spiro atoms. The minimum atomic E-state index is -0.837. The van der Waals surface area contributed by atoms with Crippen LogP contribution in [0.15, 0.2) is 36.5 Å². The first-order valence-corrected chi connectivity index (χ1v) is 31.2.